The Kier molecular flexibility index (Phi) is 4.72. The highest BCUT2D eigenvalue weighted by Crippen LogP contribution is 2.14. The van der Waals surface area contributed by atoms with Gasteiger partial charge >= 0.3 is 0 Å². The van der Waals surface area contributed by atoms with Gasteiger partial charge in [-0.05, 0) is 47.9 Å². The summed E-state index contributed by atoms with van der Waals surface area (Å²) in [7, 11) is 0. The predicted molar refractivity (Wildman–Crippen MR) is 86.3 cm³/mol. The summed E-state index contributed by atoms with van der Waals surface area (Å²) in [5, 5.41) is 0. The van der Waals surface area contributed by atoms with Gasteiger partial charge in [0.2, 0.25) is 0 Å². The Morgan fingerprint density at radius 1 is 0.909 bits per heavy atom. The van der Waals surface area contributed by atoms with E-state index in [4.69, 9.17) is 0 Å². The summed E-state index contributed by atoms with van der Waals surface area (Å²) in [4.78, 5) is 14.9. The lowest BCUT2D eigenvalue weighted by Gasteiger charge is -2.23. The van der Waals surface area contributed by atoms with Crippen molar-refractivity contribution >= 4 is 5.82 Å². The third kappa shape index (κ3) is 3.88. The van der Waals surface area contributed by atoms with E-state index in [2.05, 4.69) is 32.0 Å². The lowest BCUT2D eigenvalue weighted by Crippen LogP contribution is -2.26. The highest BCUT2D eigenvalue weighted by molar-refractivity contribution is 5.38. The molecule has 0 amide bonds. The smallest absolute Gasteiger partial charge is 0.136 e. The average molecular weight is 289 g/mol. The van der Waals surface area contributed by atoms with E-state index in [-0.39, 0.29) is 0 Å². The van der Waals surface area contributed by atoms with E-state index in [9.17, 15) is 0 Å². The Hall–Kier alpha value is -2.75. The van der Waals surface area contributed by atoms with Gasteiger partial charge in [0, 0.05) is 50.1 Å². The number of pyridine rings is 3. The molecule has 0 spiro atoms. The molecule has 22 heavy (non-hydrogen) atoms. The quantitative estimate of drug-likeness (QED) is 0.699. The van der Waals surface area contributed by atoms with Gasteiger partial charge in [-0.3, -0.25) is 9.97 Å². The topological polar surface area (TPSA) is 41.9 Å². The first-order valence-corrected chi connectivity index (χ1v) is 7.27. The standard InChI is InChI=1S/C18H17N4/c1-2-10-21-18(5-1)22(15-17-6-11-19-12-7-17)13-8-16-4-3-9-20-14-16/h1-4,6-7,9-12,14H,8,13,15H2. The molecule has 0 bridgehead atoms. The summed E-state index contributed by atoms with van der Waals surface area (Å²) < 4.78 is 0. The number of aromatic nitrogens is 3. The lowest BCUT2D eigenvalue weighted by molar-refractivity contribution is 0.765. The van der Waals surface area contributed by atoms with Crippen LogP contribution in [-0.2, 0) is 13.0 Å². The van der Waals surface area contributed by atoms with E-state index in [1.165, 1.54) is 11.1 Å². The van der Waals surface area contributed by atoms with Crippen LogP contribution < -0.4 is 4.90 Å². The maximum Gasteiger partial charge on any atom is 0.136 e. The van der Waals surface area contributed by atoms with Crippen molar-refractivity contribution in [2.24, 2.45) is 0 Å². The predicted octanol–water partition coefficient (Wildman–Crippen LogP) is 2.92. The number of hydrogen-bond donors (Lipinski definition) is 0. The van der Waals surface area contributed by atoms with E-state index >= 15 is 0 Å². The molecule has 0 aliphatic carbocycles. The molecule has 0 aliphatic rings. The molecule has 3 heterocycles. The van der Waals surface area contributed by atoms with Crippen LogP contribution in [0, 0.1) is 6.07 Å². The third-order valence-electron chi connectivity index (χ3n) is 3.41. The number of anilines is 1. The number of nitrogens with zero attached hydrogens (tertiary/aromatic N) is 4. The molecule has 109 valence electrons. The van der Waals surface area contributed by atoms with Crippen LogP contribution in [-0.4, -0.2) is 21.5 Å². The minimum absolute atomic E-state index is 0.788. The van der Waals surface area contributed by atoms with Gasteiger partial charge in [0.1, 0.15) is 5.82 Å². The third-order valence-corrected chi connectivity index (χ3v) is 3.41. The molecule has 0 aliphatic heterocycles. The van der Waals surface area contributed by atoms with Crippen molar-refractivity contribution in [3.8, 4) is 0 Å². The molecule has 4 nitrogen and oxygen atoms in total. The van der Waals surface area contributed by atoms with Gasteiger partial charge in [-0.25, -0.2) is 4.98 Å². The fraction of sp³-hybridized carbons (Fsp3) is 0.167. The van der Waals surface area contributed by atoms with Crippen LogP contribution >= 0.6 is 0 Å². The van der Waals surface area contributed by atoms with E-state index in [0.717, 1.165) is 25.3 Å². The van der Waals surface area contributed by atoms with Crippen LogP contribution in [0.1, 0.15) is 11.1 Å². The SMILES string of the molecule is [c]1cccnc1N(CCc1cccnc1)Cc1ccncc1. The molecule has 3 rings (SSSR count). The summed E-state index contributed by atoms with van der Waals surface area (Å²) in [6, 6.07) is 15.1. The Morgan fingerprint density at radius 3 is 2.55 bits per heavy atom. The molecule has 0 unspecified atom stereocenters. The molecule has 4 heteroatoms. The molecule has 0 aromatic carbocycles. The van der Waals surface area contributed by atoms with Crippen molar-refractivity contribution in [3.63, 3.8) is 0 Å². The van der Waals surface area contributed by atoms with Gasteiger partial charge in [0.05, 0.1) is 0 Å². The van der Waals surface area contributed by atoms with Gasteiger partial charge in [0.25, 0.3) is 0 Å². The van der Waals surface area contributed by atoms with Crippen molar-refractivity contribution in [2.75, 3.05) is 11.4 Å². The van der Waals surface area contributed by atoms with E-state index in [1.54, 1.807) is 12.4 Å². The molecule has 0 saturated carbocycles. The monoisotopic (exact) mass is 289 g/mol. The summed E-state index contributed by atoms with van der Waals surface area (Å²) in [6.07, 6.45) is 10.1. The summed E-state index contributed by atoms with van der Waals surface area (Å²) in [5.74, 6) is 0.864. The second kappa shape index (κ2) is 7.31. The normalized spacial score (nSPS) is 10.4. The first-order chi connectivity index (χ1) is 10.9. The molecule has 0 N–H and O–H groups in total. The molecule has 3 aromatic rings. The van der Waals surface area contributed by atoms with Crippen molar-refractivity contribution < 1.29 is 0 Å². The molecule has 1 radical (unpaired) electrons. The maximum absolute atomic E-state index is 4.43. The molecular formula is C18H17N4. The van der Waals surface area contributed by atoms with Crippen LogP contribution in [0.4, 0.5) is 5.82 Å². The van der Waals surface area contributed by atoms with Crippen LogP contribution in [0.15, 0.2) is 67.4 Å². The molecule has 0 fully saturated rings. The van der Waals surface area contributed by atoms with E-state index in [0.29, 0.717) is 0 Å². The Labute approximate surface area is 130 Å². The Morgan fingerprint density at radius 2 is 1.82 bits per heavy atom. The number of rotatable bonds is 6. The first kappa shape index (κ1) is 14.2. The van der Waals surface area contributed by atoms with Gasteiger partial charge in [0.15, 0.2) is 0 Å². The van der Waals surface area contributed by atoms with Crippen LogP contribution in [0.5, 0.6) is 0 Å². The van der Waals surface area contributed by atoms with Gasteiger partial charge < -0.3 is 4.90 Å². The van der Waals surface area contributed by atoms with Gasteiger partial charge in [-0.1, -0.05) is 6.07 Å². The van der Waals surface area contributed by atoms with Crippen LogP contribution in [0.3, 0.4) is 0 Å². The zero-order valence-electron chi connectivity index (χ0n) is 12.3. The molecule has 0 saturated heterocycles. The number of hydrogen-bond acceptors (Lipinski definition) is 4. The molecule has 3 aromatic heterocycles. The van der Waals surface area contributed by atoms with Crippen molar-refractivity contribution in [3.05, 3.63) is 84.6 Å². The Balaban J connectivity index is 1.74. The molecular weight excluding hydrogens is 272 g/mol. The fourth-order valence-corrected chi connectivity index (χ4v) is 2.27. The Bertz CT molecular complexity index is 671. The summed E-state index contributed by atoms with van der Waals surface area (Å²) >= 11 is 0. The second-order valence-electron chi connectivity index (χ2n) is 4.99. The van der Waals surface area contributed by atoms with Crippen LogP contribution in [0.2, 0.25) is 0 Å². The van der Waals surface area contributed by atoms with Crippen LogP contribution in [0.25, 0.3) is 0 Å². The maximum atomic E-state index is 4.43. The highest BCUT2D eigenvalue weighted by atomic mass is 15.2. The zero-order valence-corrected chi connectivity index (χ0v) is 12.3. The largest absolute Gasteiger partial charge is 0.351 e. The van der Waals surface area contributed by atoms with E-state index < -0.39 is 0 Å². The first-order valence-electron chi connectivity index (χ1n) is 7.27. The molecule has 0 atom stereocenters. The zero-order chi connectivity index (χ0) is 15.0. The van der Waals surface area contributed by atoms with Gasteiger partial charge in [-0.15, -0.1) is 0 Å². The average Bonchev–Trinajstić information content (AvgIpc) is 2.61. The summed E-state index contributed by atoms with van der Waals surface area (Å²) in [5.41, 5.74) is 2.43. The van der Waals surface area contributed by atoms with Gasteiger partial charge in [-0.2, -0.15) is 0 Å². The van der Waals surface area contributed by atoms with Crippen molar-refractivity contribution in [1.82, 2.24) is 15.0 Å². The van der Waals surface area contributed by atoms with E-state index in [1.807, 2.05) is 48.9 Å². The van der Waals surface area contributed by atoms with Crippen molar-refractivity contribution in [1.29, 1.82) is 0 Å². The summed E-state index contributed by atoms with van der Waals surface area (Å²) in [6.45, 7) is 1.65. The minimum Gasteiger partial charge on any atom is -0.351 e. The minimum atomic E-state index is 0.788. The second-order valence-corrected chi connectivity index (χ2v) is 4.99. The van der Waals surface area contributed by atoms with Crippen molar-refractivity contribution in [2.45, 2.75) is 13.0 Å². The highest BCUT2D eigenvalue weighted by Gasteiger charge is 2.09. The fourth-order valence-electron chi connectivity index (χ4n) is 2.27. The lowest BCUT2D eigenvalue weighted by atomic mass is 10.2.